The van der Waals surface area contributed by atoms with Crippen LogP contribution in [0.25, 0.3) is 0 Å². The van der Waals surface area contributed by atoms with Crippen LogP contribution in [0.2, 0.25) is 0 Å². The molecule has 0 N–H and O–H groups in total. The molecule has 0 fully saturated rings. The van der Waals surface area contributed by atoms with Gasteiger partial charge in [0.15, 0.2) is 0 Å². The molecule has 5 nitrogen and oxygen atoms in total. The van der Waals surface area contributed by atoms with Crippen LogP contribution in [0.1, 0.15) is 104 Å². The highest BCUT2D eigenvalue weighted by Gasteiger charge is 2.03. The molecule has 0 aliphatic carbocycles. The van der Waals surface area contributed by atoms with E-state index in [1.807, 2.05) is 0 Å². The molecule has 0 radical (unpaired) electrons. The Morgan fingerprint density at radius 2 is 1.10 bits per heavy atom. The molecule has 0 rings (SSSR count). The molecule has 0 aromatic heterocycles. The molecular weight excluding hydrogens is 380 g/mol. The lowest BCUT2D eigenvalue weighted by atomic mass is 10.0. The lowest BCUT2D eigenvalue weighted by Crippen LogP contribution is -2.11. The average molecular weight is 431 g/mol. The number of hydrogen-bond donors (Lipinski definition) is 0. The highest BCUT2D eigenvalue weighted by molar-refractivity contribution is 5.69. The van der Waals surface area contributed by atoms with Crippen LogP contribution >= 0.6 is 0 Å². The van der Waals surface area contributed by atoms with Gasteiger partial charge in [-0.1, -0.05) is 78.6 Å². The molecule has 0 saturated heterocycles. The van der Waals surface area contributed by atoms with Crippen molar-refractivity contribution in [1.29, 1.82) is 0 Å². The molecule has 0 amide bonds. The minimum absolute atomic E-state index is 0.110. The summed E-state index contributed by atoms with van der Waals surface area (Å²) >= 11 is 0. The first kappa shape index (κ1) is 29.4. The third kappa shape index (κ3) is 25.4. The lowest BCUT2D eigenvalue weighted by molar-refractivity contribution is -0.144. The predicted molar refractivity (Wildman–Crippen MR) is 124 cm³/mol. The van der Waals surface area contributed by atoms with Gasteiger partial charge in [0.25, 0.3) is 0 Å². The van der Waals surface area contributed by atoms with Gasteiger partial charge in [0.2, 0.25) is 0 Å². The van der Waals surface area contributed by atoms with Crippen molar-refractivity contribution in [3.05, 3.63) is 0 Å². The highest BCUT2D eigenvalue weighted by Crippen LogP contribution is 2.10. The Morgan fingerprint density at radius 3 is 1.73 bits per heavy atom. The number of ether oxygens (including phenoxy) is 4. The van der Waals surface area contributed by atoms with Crippen molar-refractivity contribution in [3.8, 4) is 0 Å². The maximum absolute atomic E-state index is 11.7. The molecule has 0 aliphatic rings. The van der Waals surface area contributed by atoms with E-state index in [0.29, 0.717) is 52.5 Å². The first-order valence-electron chi connectivity index (χ1n) is 12.6. The Morgan fingerprint density at radius 1 is 0.600 bits per heavy atom. The summed E-state index contributed by atoms with van der Waals surface area (Å²) in [5.41, 5.74) is 0. The zero-order chi connectivity index (χ0) is 22.1. The van der Waals surface area contributed by atoms with Crippen molar-refractivity contribution in [2.45, 2.75) is 104 Å². The Labute approximate surface area is 186 Å². The summed E-state index contributed by atoms with van der Waals surface area (Å²) in [6, 6.07) is 0. The third-order valence-corrected chi connectivity index (χ3v) is 4.99. The van der Waals surface area contributed by atoms with Crippen LogP contribution in [0, 0.1) is 5.92 Å². The molecule has 0 aromatic carbocycles. The van der Waals surface area contributed by atoms with Gasteiger partial charge < -0.3 is 18.9 Å². The van der Waals surface area contributed by atoms with Gasteiger partial charge in [-0.3, -0.25) is 4.79 Å². The van der Waals surface area contributed by atoms with Crippen molar-refractivity contribution in [2.24, 2.45) is 5.92 Å². The number of esters is 1. The lowest BCUT2D eigenvalue weighted by Gasteiger charge is -2.07. The molecule has 0 heterocycles. The van der Waals surface area contributed by atoms with E-state index in [2.05, 4.69) is 20.8 Å². The van der Waals surface area contributed by atoms with Crippen molar-refractivity contribution in [1.82, 2.24) is 0 Å². The Hall–Kier alpha value is -0.650. The normalized spacial score (nSPS) is 11.3. The topological polar surface area (TPSA) is 54.0 Å². The summed E-state index contributed by atoms with van der Waals surface area (Å²) in [7, 11) is 0. The number of carbonyl (C=O) groups is 1. The summed E-state index contributed by atoms with van der Waals surface area (Å²) in [5.74, 6) is 0.693. The van der Waals surface area contributed by atoms with Crippen LogP contribution in [0.15, 0.2) is 0 Å². The van der Waals surface area contributed by atoms with E-state index < -0.39 is 0 Å². The molecule has 0 aromatic rings. The zero-order valence-corrected chi connectivity index (χ0v) is 20.3. The van der Waals surface area contributed by atoms with Crippen LogP contribution < -0.4 is 0 Å². The van der Waals surface area contributed by atoms with E-state index >= 15 is 0 Å². The van der Waals surface area contributed by atoms with E-state index in [4.69, 9.17) is 18.9 Å². The van der Waals surface area contributed by atoms with Gasteiger partial charge >= 0.3 is 5.97 Å². The van der Waals surface area contributed by atoms with Crippen molar-refractivity contribution in [2.75, 3.05) is 46.2 Å². The molecule has 180 valence electrons. The minimum Gasteiger partial charge on any atom is -0.466 e. The van der Waals surface area contributed by atoms with Crippen LogP contribution in [0.3, 0.4) is 0 Å². The molecule has 0 bridgehead atoms. The summed E-state index contributed by atoms with van der Waals surface area (Å²) in [6.45, 7) is 11.1. The van der Waals surface area contributed by atoms with Crippen LogP contribution in [0.4, 0.5) is 0 Å². The Bertz CT molecular complexity index is 346. The minimum atomic E-state index is -0.110. The van der Waals surface area contributed by atoms with Gasteiger partial charge in [0.1, 0.15) is 0 Å². The monoisotopic (exact) mass is 430 g/mol. The molecule has 0 saturated carbocycles. The summed E-state index contributed by atoms with van der Waals surface area (Å²) in [5, 5.41) is 0. The SMILES string of the molecule is CCCCCCCOCCOCCOCCCC(=O)OCCCCCCCC(C)C. The van der Waals surface area contributed by atoms with Crippen molar-refractivity contribution < 1.29 is 23.7 Å². The van der Waals surface area contributed by atoms with Crippen LogP contribution in [-0.2, 0) is 23.7 Å². The van der Waals surface area contributed by atoms with E-state index in [1.165, 1.54) is 51.4 Å². The van der Waals surface area contributed by atoms with Gasteiger partial charge in [-0.15, -0.1) is 0 Å². The van der Waals surface area contributed by atoms with Gasteiger partial charge in [-0.2, -0.15) is 0 Å². The van der Waals surface area contributed by atoms with E-state index in [1.54, 1.807) is 0 Å². The first-order chi connectivity index (χ1) is 14.7. The average Bonchev–Trinajstić information content (AvgIpc) is 2.72. The largest absolute Gasteiger partial charge is 0.466 e. The summed E-state index contributed by atoms with van der Waals surface area (Å²) < 4.78 is 21.8. The third-order valence-electron chi connectivity index (χ3n) is 4.99. The maximum Gasteiger partial charge on any atom is 0.305 e. The standard InChI is InChI=1S/C25H50O5/c1-4-5-6-9-12-17-27-20-22-29-23-21-28-18-14-16-25(26)30-19-13-10-7-8-11-15-24(2)3/h24H,4-23H2,1-3H3. The number of unbranched alkanes of at least 4 members (excludes halogenated alkanes) is 8. The van der Waals surface area contributed by atoms with Crippen molar-refractivity contribution >= 4 is 5.97 Å². The van der Waals surface area contributed by atoms with E-state index in [-0.39, 0.29) is 5.97 Å². The summed E-state index contributed by atoms with van der Waals surface area (Å²) in [4.78, 5) is 11.7. The van der Waals surface area contributed by atoms with Gasteiger partial charge in [-0.05, 0) is 25.2 Å². The molecule has 30 heavy (non-hydrogen) atoms. The molecule has 0 unspecified atom stereocenters. The fourth-order valence-electron chi connectivity index (χ4n) is 3.11. The number of hydrogen-bond acceptors (Lipinski definition) is 5. The van der Waals surface area contributed by atoms with Crippen LogP contribution in [-0.4, -0.2) is 52.2 Å². The fraction of sp³-hybridized carbons (Fsp3) is 0.960. The second kappa shape index (κ2) is 24.6. The molecule has 5 heteroatoms. The Balaban J connectivity index is 3.14. The number of carbonyl (C=O) groups excluding carboxylic acids is 1. The van der Waals surface area contributed by atoms with Gasteiger partial charge in [0, 0.05) is 19.6 Å². The van der Waals surface area contributed by atoms with Gasteiger partial charge in [-0.25, -0.2) is 0 Å². The highest BCUT2D eigenvalue weighted by atomic mass is 16.5. The number of rotatable bonds is 24. The molecule has 0 spiro atoms. The first-order valence-corrected chi connectivity index (χ1v) is 12.6. The van der Waals surface area contributed by atoms with Crippen LogP contribution in [0.5, 0.6) is 0 Å². The quantitative estimate of drug-likeness (QED) is 0.132. The summed E-state index contributed by atoms with van der Waals surface area (Å²) in [6.07, 6.45) is 14.7. The fourth-order valence-corrected chi connectivity index (χ4v) is 3.11. The van der Waals surface area contributed by atoms with Crippen molar-refractivity contribution in [3.63, 3.8) is 0 Å². The second-order valence-electron chi connectivity index (χ2n) is 8.53. The smallest absolute Gasteiger partial charge is 0.305 e. The molecule has 0 aliphatic heterocycles. The Kier molecular flexibility index (Phi) is 24.1. The van der Waals surface area contributed by atoms with E-state index in [9.17, 15) is 4.79 Å². The second-order valence-corrected chi connectivity index (χ2v) is 8.53. The van der Waals surface area contributed by atoms with E-state index in [0.717, 1.165) is 31.8 Å². The predicted octanol–water partition coefficient (Wildman–Crippen LogP) is 6.33. The molecule has 0 atom stereocenters. The maximum atomic E-state index is 11.7. The molecular formula is C25H50O5. The van der Waals surface area contributed by atoms with Gasteiger partial charge in [0.05, 0.1) is 33.0 Å². The zero-order valence-electron chi connectivity index (χ0n) is 20.3.